The second-order valence-corrected chi connectivity index (χ2v) is 7.49. The molecule has 3 aromatic carbocycles. The van der Waals surface area contributed by atoms with Crippen molar-refractivity contribution in [1.29, 1.82) is 0 Å². The van der Waals surface area contributed by atoms with Gasteiger partial charge in [-0.2, -0.15) is 0 Å². The predicted molar refractivity (Wildman–Crippen MR) is 104 cm³/mol. The molecule has 0 spiro atoms. The minimum atomic E-state index is -1.53. The van der Waals surface area contributed by atoms with Crippen LogP contribution in [0.3, 0.4) is 0 Å². The monoisotopic (exact) mass is 426 g/mol. The lowest BCUT2D eigenvalue weighted by Gasteiger charge is -2.30. The number of hydrogen-bond donors (Lipinski definition) is 0. The first-order chi connectivity index (χ1) is 15.4. The van der Waals surface area contributed by atoms with Crippen molar-refractivity contribution in [3.8, 4) is 0 Å². The molecule has 32 heavy (non-hydrogen) atoms. The predicted octanol–water partition coefficient (Wildman–Crippen LogP) is 2.77. The van der Waals surface area contributed by atoms with Crippen LogP contribution in [0.25, 0.3) is 0 Å². The van der Waals surface area contributed by atoms with Crippen molar-refractivity contribution >= 4 is 29.8 Å². The first-order valence-electron chi connectivity index (χ1n) is 9.55. The van der Waals surface area contributed by atoms with Gasteiger partial charge in [-0.25, -0.2) is 24.0 Å². The van der Waals surface area contributed by atoms with Gasteiger partial charge < -0.3 is 14.2 Å². The third kappa shape index (κ3) is 2.18. The molecule has 0 radical (unpaired) electrons. The Morgan fingerprint density at radius 3 is 1.56 bits per heavy atom. The van der Waals surface area contributed by atoms with Crippen molar-refractivity contribution in [3.63, 3.8) is 0 Å². The highest BCUT2D eigenvalue weighted by atomic mass is 16.6. The smallest absolute Gasteiger partial charge is 0.346 e. The van der Waals surface area contributed by atoms with E-state index < -0.39 is 35.4 Å². The van der Waals surface area contributed by atoms with Gasteiger partial charge in [-0.1, -0.05) is 30.3 Å². The maximum Gasteiger partial charge on any atom is 0.346 e. The zero-order chi connectivity index (χ0) is 22.2. The topological polar surface area (TPSA) is 113 Å². The Bertz CT molecular complexity index is 1370. The van der Waals surface area contributed by atoms with Gasteiger partial charge in [0.05, 0.1) is 27.8 Å². The van der Waals surface area contributed by atoms with Crippen LogP contribution in [-0.2, 0) is 19.8 Å². The van der Waals surface area contributed by atoms with Crippen LogP contribution < -0.4 is 0 Å². The van der Waals surface area contributed by atoms with E-state index in [1.54, 1.807) is 36.4 Å². The molecule has 0 amide bonds. The van der Waals surface area contributed by atoms with Gasteiger partial charge in [-0.15, -0.1) is 0 Å². The lowest BCUT2D eigenvalue weighted by molar-refractivity contribution is 0.0250. The minimum Gasteiger partial charge on any atom is -0.441 e. The molecule has 0 bridgehead atoms. The van der Waals surface area contributed by atoms with Crippen molar-refractivity contribution in [2.45, 2.75) is 5.60 Å². The number of rotatable bonds is 2. The number of benzene rings is 3. The van der Waals surface area contributed by atoms with E-state index in [9.17, 15) is 24.0 Å². The van der Waals surface area contributed by atoms with Crippen molar-refractivity contribution < 1.29 is 38.2 Å². The second kappa shape index (κ2) is 5.98. The van der Waals surface area contributed by atoms with E-state index in [0.29, 0.717) is 22.3 Å². The van der Waals surface area contributed by atoms with E-state index in [1.165, 1.54) is 24.3 Å². The number of cyclic esters (lactones) is 5. The Morgan fingerprint density at radius 2 is 1.00 bits per heavy atom. The molecule has 3 aliphatic heterocycles. The molecule has 0 aromatic heterocycles. The number of hydrogen-bond acceptors (Lipinski definition) is 8. The Hall–Kier alpha value is -4.59. The second-order valence-electron chi connectivity index (χ2n) is 7.49. The fourth-order valence-electron chi connectivity index (χ4n) is 4.42. The van der Waals surface area contributed by atoms with Crippen molar-refractivity contribution in [1.82, 2.24) is 0 Å². The summed E-state index contributed by atoms with van der Waals surface area (Å²) in [7, 11) is 0. The van der Waals surface area contributed by atoms with Gasteiger partial charge in [0.1, 0.15) is 0 Å². The Morgan fingerprint density at radius 1 is 0.500 bits per heavy atom. The Balaban J connectivity index is 1.66. The molecule has 8 heteroatoms. The zero-order valence-electron chi connectivity index (χ0n) is 16.0. The summed E-state index contributed by atoms with van der Waals surface area (Å²) in [5.74, 6) is -3.72. The number of fused-ring (bicyclic) bond motifs is 3. The van der Waals surface area contributed by atoms with E-state index >= 15 is 0 Å². The van der Waals surface area contributed by atoms with Crippen molar-refractivity contribution in [3.05, 3.63) is 105 Å². The lowest BCUT2D eigenvalue weighted by atomic mass is 9.78. The minimum absolute atomic E-state index is 0.0445. The van der Waals surface area contributed by atoms with Crippen LogP contribution in [0.5, 0.6) is 0 Å². The fourth-order valence-corrected chi connectivity index (χ4v) is 4.42. The summed E-state index contributed by atoms with van der Waals surface area (Å²) in [4.78, 5) is 61.0. The summed E-state index contributed by atoms with van der Waals surface area (Å²) in [5.41, 5.74) is 0.314. The Kier molecular flexibility index (Phi) is 3.40. The van der Waals surface area contributed by atoms with E-state index in [0.717, 1.165) is 0 Å². The maximum atomic E-state index is 12.8. The van der Waals surface area contributed by atoms with Gasteiger partial charge in [0.2, 0.25) is 0 Å². The largest absolute Gasteiger partial charge is 0.441 e. The fraction of sp³-hybridized carbons (Fsp3) is 0.0417. The third-order valence-electron chi connectivity index (χ3n) is 5.87. The van der Waals surface area contributed by atoms with Gasteiger partial charge in [0, 0.05) is 16.7 Å². The first-order valence-corrected chi connectivity index (χ1v) is 9.55. The SMILES string of the molecule is O=C1OC(=O)c2cc(C3(c4ccc5c(c4)C(=O)OC5=O)OC(=O)c4ccccc43)ccc21. The highest BCUT2D eigenvalue weighted by molar-refractivity contribution is 6.15. The molecule has 0 saturated carbocycles. The number of carbonyl (C=O) groups is 5. The third-order valence-corrected chi connectivity index (χ3v) is 5.87. The van der Waals surface area contributed by atoms with Crippen molar-refractivity contribution in [2.24, 2.45) is 0 Å². The van der Waals surface area contributed by atoms with E-state index in [4.69, 9.17) is 4.74 Å². The van der Waals surface area contributed by atoms with Crippen molar-refractivity contribution in [2.75, 3.05) is 0 Å². The summed E-state index contributed by atoms with van der Waals surface area (Å²) < 4.78 is 15.3. The molecule has 0 atom stereocenters. The average Bonchev–Trinajstić information content (AvgIpc) is 3.37. The standard InChI is InChI=1S/C24H10O8/c25-19-13-7-5-11(9-16(13)21(27)30-19)24(18-4-2-1-3-15(18)23(29)32-24)12-6-8-14-17(10-12)22(28)31-20(14)26/h1-10H. The van der Waals surface area contributed by atoms with Crippen LogP contribution in [-0.4, -0.2) is 29.8 Å². The lowest BCUT2D eigenvalue weighted by Crippen LogP contribution is -2.30. The van der Waals surface area contributed by atoms with E-state index in [2.05, 4.69) is 9.47 Å². The number of carbonyl (C=O) groups excluding carboxylic acids is 5. The van der Waals surface area contributed by atoms with Gasteiger partial charge in [-0.05, 0) is 30.3 Å². The molecule has 0 N–H and O–H groups in total. The molecule has 0 unspecified atom stereocenters. The van der Waals surface area contributed by atoms with Crippen LogP contribution >= 0.6 is 0 Å². The summed E-state index contributed by atoms with van der Waals surface area (Å²) in [6.45, 7) is 0. The molecule has 0 saturated heterocycles. The average molecular weight is 426 g/mol. The van der Waals surface area contributed by atoms with Crippen LogP contribution in [0.4, 0.5) is 0 Å². The molecule has 3 aliphatic rings. The first kappa shape index (κ1) is 18.2. The molecular weight excluding hydrogens is 416 g/mol. The highest BCUT2D eigenvalue weighted by Crippen LogP contribution is 2.48. The molecular formula is C24H10O8. The van der Waals surface area contributed by atoms with E-state index in [1.807, 2.05) is 0 Å². The van der Waals surface area contributed by atoms with Crippen LogP contribution in [0.2, 0.25) is 0 Å². The van der Waals surface area contributed by atoms with Crippen LogP contribution in [0.1, 0.15) is 68.5 Å². The molecule has 3 aromatic rings. The molecule has 8 nitrogen and oxygen atoms in total. The number of ether oxygens (including phenoxy) is 3. The summed E-state index contributed by atoms with van der Waals surface area (Å²) in [5, 5.41) is 0. The Labute approximate surface area is 179 Å². The van der Waals surface area contributed by atoms with Gasteiger partial charge in [-0.3, -0.25) is 0 Å². The van der Waals surface area contributed by atoms with Crippen LogP contribution in [0.15, 0.2) is 60.7 Å². The van der Waals surface area contributed by atoms with Crippen LogP contribution in [0, 0.1) is 0 Å². The van der Waals surface area contributed by atoms with E-state index in [-0.39, 0.29) is 22.3 Å². The molecule has 3 heterocycles. The molecule has 6 rings (SSSR count). The summed E-state index contributed by atoms with van der Waals surface area (Å²) >= 11 is 0. The maximum absolute atomic E-state index is 12.8. The zero-order valence-corrected chi connectivity index (χ0v) is 16.0. The van der Waals surface area contributed by atoms with Gasteiger partial charge in [0.25, 0.3) is 0 Å². The summed E-state index contributed by atoms with van der Waals surface area (Å²) in [6.07, 6.45) is 0. The molecule has 154 valence electrons. The number of esters is 5. The quantitative estimate of drug-likeness (QED) is 0.349. The highest BCUT2D eigenvalue weighted by Gasteiger charge is 2.50. The van der Waals surface area contributed by atoms with Gasteiger partial charge >= 0.3 is 29.8 Å². The summed E-state index contributed by atoms with van der Waals surface area (Å²) in [6, 6.07) is 15.6. The molecule has 0 aliphatic carbocycles. The molecule has 0 fully saturated rings. The van der Waals surface area contributed by atoms with Gasteiger partial charge in [0.15, 0.2) is 5.60 Å². The normalized spacial score (nSPS) is 17.4.